The summed E-state index contributed by atoms with van der Waals surface area (Å²) < 4.78 is 0. The van der Waals surface area contributed by atoms with Gasteiger partial charge in [-0.1, -0.05) is 12.1 Å². The molecule has 4 amide bonds. The van der Waals surface area contributed by atoms with E-state index in [1.54, 1.807) is 31.2 Å². The second kappa shape index (κ2) is 5.89. The van der Waals surface area contributed by atoms with Gasteiger partial charge in [-0.3, -0.25) is 14.9 Å². The molecule has 0 bridgehead atoms. The van der Waals surface area contributed by atoms with E-state index in [0.29, 0.717) is 11.3 Å². The third kappa shape index (κ3) is 2.89. The second-order valence-corrected chi connectivity index (χ2v) is 4.37. The number of benzene rings is 1. The molecule has 1 unspecified atom stereocenters. The van der Waals surface area contributed by atoms with Gasteiger partial charge in [-0.15, -0.1) is 12.4 Å². The molecule has 1 aliphatic rings. The highest BCUT2D eigenvalue weighted by atomic mass is 35.5. The maximum atomic E-state index is 11.8. The van der Waals surface area contributed by atoms with Gasteiger partial charge in [0.25, 0.3) is 5.91 Å². The fourth-order valence-corrected chi connectivity index (χ4v) is 1.87. The van der Waals surface area contributed by atoms with Crippen molar-refractivity contribution in [2.45, 2.75) is 12.5 Å². The Morgan fingerprint density at radius 1 is 1.40 bits per heavy atom. The summed E-state index contributed by atoms with van der Waals surface area (Å²) in [4.78, 5) is 34.2. The van der Waals surface area contributed by atoms with E-state index in [4.69, 9.17) is 5.73 Å². The molecule has 7 nitrogen and oxygen atoms in total. The van der Waals surface area contributed by atoms with Crippen molar-refractivity contribution in [3.63, 3.8) is 0 Å². The molecule has 8 heteroatoms. The standard InChI is InChI=1S/C12H14N4O3.ClH/c1-12(10(18)15-11(19)16-12)7-3-2-4-8(5-7)14-9(17)6-13;/h2-5H,6,13H2,1H3,(H,14,17)(H2,15,16,18,19);1H. The van der Waals surface area contributed by atoms with Gasteiger partial charge in [0.1, 0.15) is 5.54 Å². The molecule has 5 N–H and O–H groups in total. The molecule has 1 heterocycles. The number of nitrogens with one attached hydrogen (secondary N) is 3. The number of nitrogens with two attached hydrogens (primary N) is 1. The van der Waals surface area contributed by atoms with Crippen molar-refractivity contribution in [3.05, 3.63) is 29.8 Å². The quantitative estimate of drug-likeness (QED) is 0.591. The molecule has 0 aliphatic carbocycles. The molecule has 1 fully saturated rings. The summed E-state index contributed by atoms with van der Waals surface area (Å²) in [5.41, 5.74) is 5.17. The molecule has 2 rings (SSSR count). The zero-order valence-corrected chi connectivity index (χ0v) is 11.5. The van der Waals surface area contributed by atoms with Gasteiger partial charge in [0.2, 0.25) is 5.91 Å². The lowest BCUT2D eigenvalue weighted by Gasteiger charge is -2.21. The average Bonchev–Trinajstić information content (AvgIpc) is 2.64. The van der Waals surface area contributed by atoms with Gasteiger partial charge in [0, 0.05) is 5.69 Å². The Hall–Kier alpha value is -2.12. The minimum Gasteiger partial charge on any atom is -0.325 e. The van der Waals surface area contributed by atoms with Crippen LogP contribution in [0.15, 0.2) is 24.3 Å². The van der Waals surface area contributed by atoms with E-state index < -0.39 is 17.5 Å². The number of urea groups is 1. The van der Waals surface area contributed by atoms with Crippen LogP contribution in [0, 0.1) is 0 Å². The molecule has 1 saturated heterocycles. The normalized spacial score (nSPS) is 20.7. The summed E-state index contributed by atoms with van der Waals surface area (Å²) in [6, 6.07) is 6.14. The minimum atomic E-state index is -1.14. The molecule has 0 saturated carbocycles. The van der Waals surface area contributed by atoms with Crippen molar-refractivity contribution in [2.75, 3.05) is 11.9 Å². The third-order valence-corrected chi connectivity index (χ3v) is 2.95. The van der Waals surface area contributed by atoms with Gasteiger partial charge in [-0.2, -0.15) is 0 Å². The van der Waals surface area contributed by atoms with Gasteiger partial charge in [-0.05, 0) is 24.6 Å². The first-order valence-corrected chi connectivity index (χ1v) is 5.70. The van der Waals surface area contributed by atoms with Crippen molar-refractivity contribution in [1.82, 2.24) is 10.6 Å². The molecule has 0 radical (unpaired) electrons. The number of hydrogen-bond donors (Lipinski definition) is 4. The Morgan fingerprint density at radius 2 is 2.10 bits per heavy atom. The van der Waals surface area contributed by atoms with Crippen LogP contribution in [0.4, 0.5) is 10.5 Å². The number of carbonyl (C=O) groups excluding carboxylic acids is 3. The third-order valence-electron chi connectivity index (χ3n) is 2.95. The Morgan fingerprint density at radius 3 is 2.65 bits per heavy atom. The van der Waals surface area contributed by atoms with Crippen LogP contribution in [-0.4, -0.2) is 24.4 Å². The zero-order chi connectivity index (χ0) is 14.0. The van der Waals surface area contributed by atoms with E-state index in [1.807, 2.05) is 0 Å². The van der Waals surface area contributed by atoms with Crippen LogP contribution < -0.4 is 21.7 Å². The summed E-state index contributed by atoms with van der Waals surface area (Å²) in [7, 11) is 0. The van der Waals surface area contributed by atoms with Gasteiger partial charge in [0.05, 0.1) is 6.54 Å². The molecule has 20 heavy (non-hydrogen) atoms. The highest BCUT2D eigenvalue weighted by molar-refractivity contribution is 6.07. The molecule has 1 atom stereocenters. The van der Waals surface area contributed by atoms with Crippen LogP contribution in [0.25, 0.3) is 0 Å². The van der Waals surface area contributed by atoms with Crippen molar-refractivity contribution >= 4 is 35.9 Å². The van der Waals surface area contributed by atoms with Gasteiger partial charge >= 0.3 is 6.03 Å². The second-order valence-electron chi connectivity index (χ2n) is 4.37. The van der Waals surface area contributed by atoms with Crippen LogP contribution in [-0.2, 0) is 15.1 Å². The SMILES string of the molecule is CC1(c2cccc(NC(=O)CN)c2)NC(=O)NC1=O.Cl. The van der Waals surface area contributed by atoms with Gasteiger partial charge < -0.3 is 16.4 Å². The Labute approximate surface area is 121 Å². The first kappa shape index (κ1) is 15.9. The Balaban J connectivity index is 0.00000200. The van der Waals surface area contributed by atoms with Crippen molar-refractivity contribution in [3.8, 4) is 0 Å². The fourth-order valence-electron chi connectivity index (χ4n) is 1.87. The molecule has 1 aromatic rings. The van der Waals surface area contributed by atoms with Crippen molar-refractivity contribution < 1.29 is 14.4 Å². The zero-order valence-electron chi connectivity index (χ0n) is 10.7. The molecular weight excluding hydrogens is 284 g/mol. The van der Waals surface area contributed by atoms with Crippen molar-refractivity contribution in [2.24, 2.45) is 5.73 Å². The smallest absolute Gasteiger partial charge is 0.322 e. The Bertz CT molecular complexity index is 563. The predicted octanol–water partition coefficient (Wildman–Crippen LogP) is 0.0602. The molecule has 108 valence electrons. The van der Waals surface area contributed by atoms with Crippen LogP contribution in [0.3, 0.4) is 0 Å². The maximum absolute atomic E-state index is 11.8. The first-order valence-electron chi connectivity index (χ1n) is 5.70. The molecule has 1 aliphatic heterocycles. The summed E-state index contributed by atoms with van der Waals surface area (Å²) >= 11 is 0. The lowest BCUT2D eigenvalue weighted by molar-refractivity contribution is -0.123. The van der Waals surface area contributed by atoms with Crippen LogP contribution in [0.2, 0.25) is 0 Å². The van der Waals surface area contributed by atoms with Gasteiger partial charge in [-0.25, -0.2) is 4.79 Å². The number of amides is 4. The van der Waals surface area contributed by atoms with Crippen LogP contribution in [0.5, 0.6) is 0 Å². The van der Waals surface area contributed by atoms with Crippen LogP contribution >= 0.6 is 12.4 Å². The summed E-state index contributed by atoms with van der Waals surface area (Å²) in [6.07, 6.45) is 0. The average molecular weight is 299 g/mol. The lowest BCUT2D eigenvalue weighted by Crippen LogP contribution is -2.40. The number of hydrogen-bond acceptors (Lipinski definition) is 4. The van der Waals surface area contributed by atoms with E-state index in [9.17, 15) is 14.4 Å². The number of rotatable bonds is 3. The van der Waals surface area contributed by atoms with E-state index >= 15 is 0 Å². The van der Waals surface area contributed by atoms with E-state index in [-0.39, 0.29) is 24.9 Å². The predicted molar refractivity (Wildman–Crippen MR) is 75.4 cm³/mol. The summed E-state index contributed by atoms with van der Waals surface area (Å²) in [6.45, 7) is 1.47. The highest BCUT2D eigenvalue weighted by Gasteiger charge is 2.43. The molecular formula is C12H15ClN4O3. The number of carbonyl (C=O) groups is 3. The highest BCUT2D eigenvalue weighted by Crippen LogP contribution is 2.26. The van der Waals surface area contributed by atoms with Crippen molar-refractivity contribution in [1.29, 1.82) is 0 Å². The van der Waals surface area contributed by atoms with E-state index in [1.165, 1.54) is 0 Å². The first-order chi connectivity index (χ1) is 8.95. The van der Waals surface area contributed by atoms with E-state index in [2.05, 4.69) is 16.0 Å². The number of halogens is 1. The number of anilines is 1. The Kier molecular flexibility index (Phi) is 4.69. The lowest BCUT2D eigenvalue weighted by atomic mass is 9.92. The maximum Gasteiger partial charge on any atom is 0.322 e. The van der Waals surface area contributed by atoms with Crippen LogP contribution in [0.1, 0.15) is 12.5 Å². The molecule has 0 aromatic heterocycles. The monoisotopic (exact) mass is 298 g/mol. The summed E-state index contributed by atoms with van der Waals surface area (Å²) in [5.74, 6) is -0.762. The summed E-state index contributed by atoms with van der Waals surface area (Å²) in [5, 5.41) is 7.33. The molecule has 0 spiro atoms. The van der Waals surface area contributed by atoms with Gasteiger partial charge in [0.15, 0.2) is 0 Å². The largest absolute Gasteiger partial charge is 0.325 e. The number of imide groups is 1. The fraction of sp³-hybridized carbons (Fsp3) is 0.250. The minimum absolute atomic E-state index is 0. The van der Waals surface area contributed by atoms with E-state index in [0.717, 1.165) is 0 Å². The topological polar surface area (TPSA) is 113 Å². The molecule has 1 aromatic carbocycles.